The van der Waals surface area contributed by atoms with E-state index in [-0.39, 0.29) is 5.92 Å². The highest BCUT2D eigenvalue weighted by Crippen LogP contribution is 2.35. The van der Waals surface area contributed by atoms with Crippen molar-refractivity contribution in [1.82, 2.24) is 0 Å². The molecule has 0 saturated heterocycles. The topological polar surface area (TPSA) is 23.8 Å². The highest BCUT2D eigenvalue weighted by molar-refractivity contribution is 5.48. The van der Waals surface area contributed by atoms with E-state index in [1.165, 1.54) is 0 Å². The lowest BCUT2D eigenvalue weighted by atomic mass is 9.79. The summed E-state index contributed by atoms with van der Waals surface area (Å²) < 4.78 is 37.3. The molecular formula is C15H16F3N. The van der Waals surface area contributed by atoms with E-state index in [2.05, 4.69) is 6.07 Å². The molecule has 1 aromatic rings. The average Bonchev–Trinajstić information content (AvgIpc) is 2.35. The molecule has 0 saturated carbocycles. The van der Waals surface area contributed by atoms with Crippen LogP contribution in [-0.2, 0) is 19.3 Å². The number of halogens is 3. The molecule has 1 aromatic carbocycles. The van der Waals surface area contributed by atoms with Crippen LogP contribution in [-0.4, -0.2) is 6.18 Å². The maximum absolute atomic E-state index is 12.4. The number of rotatable bonds is 2. The second-order valence-electron chi connectivity index (χ2n) is 5.12. The van der Waals surface area contributed by atoms with Gasteiger partial charge in [-0.05, 0) is 54.4 Å². The lowest BCUT2D eigenvalue weighted by Gasteiger charge is -2.27. The number of alkyl halides is 3. The fourth-order valence-corrected chi connectivity index (χ4v) is 3.02. The summed E-state index contributed by atoms with van der Waals surface area (Å²) in [5, 5.41) is 9.06. The largest absolute Gasteiger partial charge is 0.389 e. The van der Waals surface area contributed by atoms with Crippen LogP contribution in [0.1, 0.15) is 42.0 Å². The Morgan fingerprint density at radius 1 is 1.37 bits per heavy atom. The molecule has 102 valence electrons. The van der Waals surface area contributed by atoms with E-state index in [0.29, 0.717) is 24.8 Å². The molecule has 0 heterocycles. The van der Waals surface area contributed by atoms with E-state index in [1.54, 1.807) is 6.07 Å². The Labute approximate surface area is 111 Å². The number of benzene rings is 1. The Hall–Kier alpha value is -1.50. The summed E-state index contributed by atoms with van der Waals surface area (Å²) in [5.41, 5.74) is 3.79. The van der Waals surface area contributed by atoms with Crippen molar-refractivity contribution < 1.29 is 13.2 Å². The van der Waals surface area contributed by atoms with Gasteiger partial charge in [-0.2, -0.15) is 18.4 Å². The fourth-order valence-electron chi connectivity index (χ4n) is 3.02. The molecule has 1 unspecified atom stereocenters. The van der Waals surface area contributed by atoms with Gasteiger partial charge in [0.2, 0.25) is 0 Å². The van der Waals surface area contributed by atoms with Gasteiger partial charge in [0.1, 0.15) is 0 Å². The summed E-state index contributed by atoms with van der Waals surface area (Å²) in [4.78, 5) is 0. The predicted octanol–water partition coefficient (Wildman–Crippen LogP) is 4.18. The van der Waals surface area contributed by atoms with Crippen molar-refractivity contribution in [2.24, 2.45) is 5.92 Å². The molecule has 0 fully saturated rings. The summed E-state index contributed by atoms with van der Waals surface area (Å²) in [6.45, 7) is 1.98. The molecule has 0 aliphatic heterocycles. The number of hydrogen-bond acceptors (Lipinski definition) is 1. The first kappa shape index (κ1) is 13.9. The van der Waals surface area contributed by atoms with Crippen molar-refractivity contribution in [1.29, 1.82) is 5.26 Å². The van der Waals surface area contributed by atoms with Crippen molar-refractivity contribution in [3.63, 3.8) is 0 Å². The molecule has 0 radical (unpaired) electrons. The van der Waals surface area contributed by atoms with Crippen LogP contribution in [0.2, 0.25) is 0 Å². The third-order valence-corrected chi connectivity index (χ3v) is 3.83. The predicted molar refractivity (Wildman–Crippen MR) is 66.7 cm³/mol. The molecule has 1 atom stereocenters. The highest BCUT2D eigenvalue weighted by Gasteiger charge is 2.33. The first-order valence-electron chi connectivity index (χ1n) is 6.55. The highest BCUT2D eigenvalue weighted by atomic mass is 19.4. The van der Waals surface area contributed by atoms with Gasteiger partial charge in [0.05, 0.1) is 11.6 Å². The third-order valence-electron chi connectivity index (χ3n) is 3.83. The minimum atomic E-state index is -4.08. The second-order valence-corrected chi connectivity index (χ2v) is 5.12. The second kappa shape index (κ2) is 5.24. The van der Waals surface area contributed by atoms with Gasteiger partial charge in [0.15, 0.2) is 0 Å². The van der Waals surface area contributed by atoms with E-state index in [1.807, 2.05) is 13.0 Å². The van der Waals surface area contributed by atoms with Crippen molar-refractivity contribution in [3.05, 3.63) is 34.4 Å². The molecule has 1 aliphatic rings. The third kappa shape index (κ3) is 3.09. The van der Waals surface area contributed by atoms with Crippen LogP contribution < -0.4 is 0 Å². The quantitative estimate of drug-likeness (QED) is 0.788. The van der Waals surface area contributed by atoms with Crippen LogP contribution in [0.25, 0.3) is 0 Å². The van der Waals surface area contributed by atoms with Crippen LogP contribution in [0.15, 0.2) is 12.1 Å². The summed E-state index contributed by atoms with van der Waals surface area (Å²) in [6.07, 6.45) is -2.32. The molecule has 1 aliphatic carbocycles. The summed E-state index contributed by atoms with van der Waals surface area (Å²) in [6, 6.07) is 5.74. The number of hydrogen-bond donors (Lipinski definition) is 0. The van der Waals surface area contributed by atoms with Crippen molar-refractivity contribution in [2.45, 2.75) is 45.2 Å². The van der Waals surface area contributed by atoms with Gasteiger partial charge in [0.25, 0.3) is 0 Å². The lowest BCUT2D eigenvalue weighted by Crippen LogP contribution is -2.22. The van der Waals surface area contributed by atoms with Crippen LogP contribution in [0.5, 0.6) is 0 Å². The zero-order valence-corrected chi connectivity index (χ0v) is 10.8. The lowest BCUT2D eigenvalue weighted by molar-refractivity contribution is -0.145. The van der Waals surface area contributed by atoms with Gasteiger partial charge < -0.3 is 0 Å². The first-order valence-corrected chi connectivity index (χ1v) is 6.55. The molecule has 0 N–H and O–H groups in total. The summed E-state index contributed by atoms with van der Waals surface area (Å²) in [7, 11) is 0. The van der Waals surface area contributed by atoms with Crippen LogP contribution in [0, 0.1) is 17.2 Å². The van der Waals surface area contributed by atoms with Crippen molar-refractivity contribution >= 4 is 0 Å². The Bertz CT molecular complexity index is 511. The SMILES string of the molecule is CCc1c(C#N)ccc2c1CCC(CC(F)(F)F)C2. The smallest absolute Gasteiger partial charge is 0.192 e. The maximum atomic E-state index is 12.4. The van der Waals surface area contributed by atoms with Crippen molar-refractivity contribution in [2.75, 3.05) is 0 Å². The van der Waals surface area contributed by atoms with E-state index in [9.17, 15) is 13.2 Å². The summed E-state index contributed by atoms with van der Waals surface area (Å²) in [5.74, 6) is -0.315. The van der Waals surface area contributed by atoms with Crippen LogP contribution in [0.3, 0.4) is 0 Å². The van der Waals surface area contributed by atoms with E-state index in [4.69, 9.17) is 5.26 Å². The molecule has 0 amide bonds. The molecule has 0 bridgehead atoms. The Morgan fingerprint density at radius 2 is 2.11 bits per heavy atom. The standard InChI is InChI=1S/C15H16F3N/c1-2-13-12(9-19)5-4-11-7-10(3-6-14(11)13)8-15(16,17)18/h4-5,10H,2-3,6-8H2,1H3. The minimum absolute atomic E-state index is 0.315. The number of nitriles is 1. The van der Waals surface area contributed by atoms with E-state index >= 15 is 0 Å². The van der Waals surface area contributed by atoms with Crippen LogP contribution in [0.4, 0.5) is 13.2 Å². The van der Waals surface area contributed by atoms with Gasteiger partial charge in [-0.15, -0.1) is 0 Å². The molecular weight excluding hydrogens is 251 g/mol. The zero-order chi connectivity index (χ0) is 14.0. The molecule has 19 heavy (non-hydrogen) atoms. The molecule has 0 spiro atoms. The molecule has 2 rings (SSSR count). The van der Waals surface area contributed by atoms with E-state index < -0.39 is 12.6 Å². The average molecular weight is 267 g/mol. The summed E-state index contributed by atoms with van der Waals surface area (Å²) >= 11 is 0. The van der Waals surface area contributed by atoms with Gasteiger partial charge in [-0.1, -0.05) is 13.0 Å². The molecule has 1 nitrogen and oxygen atoms in total. The fraction of sp³-hybridized carbons (Fsp3) is 0.533. The Balaban J connectivity index is 2.26. The zero-order valence-electron chi connectivity index (χ0n) is 10.8. The van der Waals surface area contributed by atoms with Gasteiger partial charge in [-0.3, -0.25) is 0 Å². The van der Waals surface area contributed by atoms with Gasteiger partial charge in [0, 0.05) is 6.42 Å². The Morgan fingerprint density at radius 3 is 2.68 bits per heavy atom. The minimum Gasteiger partial charge on any atom is -0.192 e. The van der Waals surface area contributed by atoms with Gasteiger partial charge >= 0.3 is 6.18 Å². The Kier molecular flexibility index (Phi) is 3.84. The molecule has 0 aromatic heterocycles. The maximum Gasteiger partial charge on any atom is 0.389 e. The van der Waals surface area contributed by atoms with Crippen molar-refractivity contribution in [3.8, 4) is 6.07 Å². The first-order chi connectivity index (χ1) is 8.94. The normalized spacial score (nSPS) is 18.8. The van der Waals surface area contributed by atoms with Crippen LogP contribution >= 0.6 is 0 Å². The van der Waals surface area contributed by atoms with E-state index in [0.717, 1.165) is 23.1 Å². The monoisotopic (exact) mass is 267 g/mol. The number of nitrogens with zero attached hydrogens (tertiary/aromatic N) is 1. The number of fused-ring (bicyclic) bond motifs is 1. The van der Waals surface area contributed by atoms with Gasteiger partial charge in [-0.25, -0.2) is 0 Å². The molecule has 4 heteroatoms.